The maximum Gasteiger partial charge on any atom is 0.189 e. The molecule has 3 rings (SSSR count). The molecule has 3 heteroatoms. The highest BCUT2D eigenvalue weighted by atomic mass is 16.1. The minimum Gasteiger partial charge on any atom is -0.343 e. The Morgan fingerprint density at radius 3 is 2.89 bits per heavy atom. The van der Waals surface area contributed by atoms with Gasteiger partial charge in [-0.05, 0) is 30.5 Å². The summed E-state index contributed by atoms with van der Waals surface area (Å²) in [6.45, 7) is 5.72. The van der Waals surface area contributed by atoms with Gasteiger partial charge in [0.2, 0.25) is 0 Å². The van der Waals surface area contributed by atoms with Gasteiger partial charge in [0.25, 0.3) is 0 Å². The predicted molar refractivity (Wildman–Crippen MR) is 78.4 cm³/mol. The molecule has 1 N–H and O–H groups in total. The largest absolute Gasteiger partial charge is 0.343 e. The molecular weight excluding hydrogens is 236 g/mol. The number of pyridine rings is 1. The second kappa shape index (κ2) is 5.02. The summed E-state index contributed by atoms with van der Waals surface area (Å²) in [5, 5.41) is 4.23. The number of rotatable bonds is 5. The molecule has 3 nitrogen and oxygen atoms in total. The summed E-state index contributed by atoms with van der Waals surface area (Å²) in [5.74, 6) is 0. The van der Waals surface area contributed by atoms with E-state index in [2.05, 4.69) is 16.5 Å². The van der Waals surface area contributed by atoms with Crippen LogP contribution in [0.1, 0.15) is 12.8 Å². The maximum atomic E-state index is 11.8. The van der Waals surface area contributed by atoms with Crippen LogP contribution in [-0.4, -0.2) is 17.2 Å². The molecular formula is C16H18N2O. The molecule has 1 heterocycles. The Morgan fingerprint density at radius 1 is 1.32 bits per heavy atom. The Morgan fingerprint density at radius 2 is 2.11 bits per heavy atom. The van der Waals surface area contributed by atoms with Crippen LogP contribution in [0.3, 0.4) is 0 Å². The van der Waals surface area contributed by atoms with Crippen LogP contribution in [0.4, 0.5) is 0 Å². The summed E-state index contributed by atoms with van der Waals surface area (Å²) in [6, 6.07) is 10.0. The van der Waals surface area contributed by atoms with Gasteiger partial charge in [0.15, 0.2) is 5.43 Å². The molecule has 0 aliphatic heterocycles. The zero-order valence-corrected chi connectivity index (χ0v) is 10.9. The molecule has 1 fully saturated rings. The summed E-state index contributed by atoms with van der Waals surface area (Å²) >= 11 is 0. The second-order valence-corrected chi connectivity index (χ2v) is 5.23. The van der Waals surface area contributed by atoms with Crippen LogP contribution in [0, 0.1) is 0 Å². The van der Waals surface area contributed by atoms with Crippen LogP contribution in [0.5, 0.6) is 0 Å². The van der Waals surface area contributed by atoms with Gasteiger partial charge in [0.05, 0.1) is 5.52 Å². The summed E-state index contributed by atoms with van der Waals surface area (Å²) in [7, 11) is 0. The summed E-state index contributed by atoms with van der Waals surface area (Å²) in [5.41, 5.74) is 2.19. The lowest BCUT2D eigenvalue weighted by molar-refractivity contribution is 0.689. The van der Waals surface area contributed by atoms with Crippen LogP contribution in [0.2, 0.25) is 0 Å². The van der Waals surface area contributed by atoms with E-state index in [9.17, 15) is 4.79 Å². The third-order valence-corrected chi connectivity index (χ3v) is 3.50. The lowest BCUT2D eigenvalue weighted by atomic mass is 10.2. The molecule has 1 aliphatic carbocycles. The van der Waals surface area contributed by atoms with E-state index in [-0.39, 0.29) is 5.43 Å². The fraction of sp³-hybridized carbons (Fsp3) is 0.312. The van der Waals surface area contributed by atoms with Gasteiger partial charge in [-0.25, -0.2) is 0 Å². The van der Waals surface area contributed by atoms with Crippen LogP contribution in [0.15, 0.2) is 53.5 Å². The molecule has 1 saturated carbocycles. The Kier molecular flexibility index (Phi) is 3.22. The van der Waals surface area contributed by atoms with Gasteiger partial charge in [0.1, 0.15) is 0 Å². The van der Waals surface area contributed by atoms with Gasteiger partial charge in [-0.2, -0.15) is 0 Å². The molecule has 1 aromatic carbocycles. The average molecular weight is 254 g/mol. The van der Waals surface area contributed by atoms with E-state index in [4.69, 9.17) is 0 Å². The number of fused-ring (bicyclic) bond motifs is 1. The molecule has 0 atom stereocenters. The standard InChI is InChI=1S/C16H18N2O/c1-12(10-17-13-6-7-13)11-18-9-8-16(19)14-4-2-3-5-15(14)18/h2-5,8-9,13,17H,1,6-7,10-11H2. The first-order valence-electron chi connectivity index (χ1n) is 6.72. The molecule has 0 amide bonds. The molecule has 0 radical (unpaired) electrons. The number of nitrogens with zero attached hydrogens (tertiary/aromatic N) is 1. The zero-order chi connectivity index (χ0) is 13.2. The monoisotopic (exact) mass is 254 g/mol. The number of para-hydroxylation sites is 1. The van der Waals surface area contributed by atoms with Gasteiger partial charge in [-0.3, -0.25) is 4.79 Å². The molecule has 1 aromatic heterocycles. The van der Waals surface area contributed by atoms with E-state index in [1.807, 2.05) is 30.5 Å². The van der Waals surface area contributed by atoms with E-state index in [1.165, 1.54) is 12.8 Å². The molecule has 1 aliphatic rings. The highest BCUT2D eigenvalue weighted by Gasteiger charge is 2.20. The lowest BCUT2D eigenvalue weighted by Crippen LogP contribution is -2.21. The van der Waals surface area contributed by atoms with Crippen LogP contribution < -0.4 is 10.7 Å². The minimum atomic E-state index is 0.0774. The molecule has 0 bridgehead atoms. The highest BCUT2D eigenvalue weighted by Crippen LogP contribution is 2.19. The molecule has 0 unspecified atom stereocenters. The zero-order valence-electron chi connectivity index (χ0n) is 10.9. The molecule has 0 saturated heterocycles. The predicted octanol–water partition coefficient (Wildman–Crippen LogP) is 2.31. The fourth-order valence-corrected chi connectivity index (χ4v) is 2.27. The van der Waals surface area contributed by atoms with Crippen molar-refractivity contribution >= 4 is 10.9 Å². The lowest BCUT2D eigenvalue weighted by Gasteiger charge is -2.13. The van der Waals surface area contributed by atoms with Gasteiger partial charge in [-0.1, -0.05) is 18.7 Å². The van der Waals surface area contributed by atoms with Crippen molar-refractivity contribution in [3.05, 3.63) is 58.9 Å². The molecule has 98 valence electrons. The van der Waals surface area contributed by atoms with Crippen molar-refractivity contribution < 1.29 is 0 Å². The van der Waals surface area contributed by atoms with Crippen molar-refractivity contribution in [2.45, 2.75) is 25.4 Å². The Balaban J connectivity index is 1.82. The SMILES string of the molecule is C=C(CNC1CC1)Cn1ccc(=O)c2ccccc21. The normalized spacial score (nSPS) is 14.7. The molecule has 2 aromatic rings. The van der Waals surface area contributed by atoms with E-state index >= 15 is 0 Å². The molecule has 0 spiro atoms. The average Bonchev–Trinajstić information content (AvgIpc) is 3.24. The maximum absolute atomic E-state index is 11.8. The number of nitrogens with one attached hydrogen (secondary N) is 1. The van der Waals surface area contributed by atoms with Crippen molar-refractivity contribution in [2.24, 2.45) is 0 Å². The van der Waals surface area contributed by atoms with Crippen molar-refractivity contribution in [3.8, 4) is 0 Å². The first-order chi connectivity index (χ1) is 9.24. The van der Waals surface area contributed by atoms with Crippen LogP contribution >= 0.6 is 0 Å². The minimum absolute atomic E-state index is 0.0774. The number of benzene rings is 1. The van der Waals surface area contributed by atoms with Gasteiger partial charge in [-0.15, -0.1) is 0 Å². The second-order valence-electron chi connectivity index (χ2n) is 5.23. The summed E-state index contributed by atoms with van der Waals surface area (Å²) in [4.78, 5) is 11.8. The van der Waals surface area contributed by atoms with Crippen molar-refractivity contribution in [2.75, 3.05) is 6.54 Å². The number of aromatic nitrogens is 1. The molecule has 19 heavy (non-hydrogen) atoms. The van der Waals surface area contributed by atoms with E-state index in [0.29, 0.717) is 6.04 Å². The van der Waals surface area contributed by atoms with Crippen molar-refractivity contribution in [1.82, 2.24) is 9.88 Å². The number of hydrogen-bond acceptors (Lipinski definition) is 2. The Labute approximate surface area is 112 Å². The topological polar surface area (TPSA) is 34.0 Å². The van der Waals surface area contributed by atoms with Gasteiger partial charge in [0, 0.05) is 36.8 Å². The van der Waals surface area contributed by atoms with Gasteiger partial charge >= 0.3 is 0 Å². The first-order valence-corrected chi connectivity index (χ1v) is 6.72. The summed E-state index contributed by atoms with van der Waals surface area (Å²) < 4.78 is 2.09. The van der Waals surface area contributed by atoms with Crippen LogP contribution in [-0.2, 0) is 6.54 Å². The quantitative estimate of drug-likeness (QED) is 0.831. The number of hydrogen-bond donors (Lipinski definition) is 1. The first kappa shape index (κ1) is 12.2. The van der Waals surface area contributed by atoms with Crippen LogP contribution in [0.25, 0.3) is 10.9 Å². The van der Waals surface area contributed by atoms with Gasteiger partial charge < -0.3 is 9.88 Å². The van der Waals surface area contributed by atoms with Crippen molar-refractivity contribution in [3.63, 3.8) is 0 Å². The third kappa shape index (κ3) is 2.76. The Bertz CT molecular complexity index is 668. The summed E-state index contributed by atoms with van der Waals surface area (Å²) in [6.07, 6.45) is 4.43. The third-order valence-electron chi connectivity index (χ3n) is 3.50. The van der Waals surface area contributed by atoms with Crippen molar-refractivity contribution in [1.29, 1.82) is 0 Å². The Hall–Kier alpha value is -1.87. The van der Waals surface area contributed by atoms with E-state index in [1.54, 1.807) is 6.07 Å². The smallest absolute Gasteiger partial charge is 0.189 e. The fourth-order valence-electron chi connectivity index (χ4n) is 2.27. The van der Waals surface area contributed by atoms with E-state index < -0.39 is 0 Å². The van der Waals surface area contributed by atoms with E-state index in [0.717, 1.165) is 29.6 Å². The highest BCUT2D eigenvalue weighted by molar-refractivity contribution is 5.78.